The third-order valence-corrected chi connectivity index (χ3v) is 12.3. The van der Waals surface area contributed by atoms with Crippen LogP contribution in [0.15, 0.2) is 42.5 Å². The smallest absolute Gasteiger partial charge is 0.407 e. The standard InChI is InChI=1S/C43H45FN8O6/c1-19(2)34(49-42(55)56)40(53)51-30-15-25(30)18-33(51)39-46-29-14-22(13-27(44)37(29)48-39)7-6-21-8-10-26-23(12-21)9-11-28-36(26)47-38(45-28)32-17-24-16-31(24)52(32)41(54)35(20(3)4)50-43(57)58-5/h8-14,19-20,24-25,30-35,49H,15-18H2,1-5H3,(H,45,47)(H,46,48)(H,50,57)(H,55,56)/t24-,25+,30+,31+,32-,33-,34-,35-/m0/s1. The summed E-state index contributed by atoms with van der Waals surface area (Å²) in [6.07, 6.45) is 1.38. The molecule has 4 fully saturated rings. The predicted octanol–water partition coefficient (Wildman–Crippen LogP) is 6.13. The van der Waals surface area contributed by atoms with Gasteiger partial charge in [0.25, 0.3) is 0 Å². The maximum atomic E-state index is 15.5. The zero-order chi connectivity index (χ0) is 40.7. The number of carbonyl (C=O) groups is 4. The van der Waals surface area contributed by atoms with Crippen molar-refractivity contribution in [1.82, 2.24) is 40.4 Å². The van der Waals surface area contributed by atoms with Gasteiger partial charge in [-0.25, -0.2) is 23.9 Å². The molecule has 0 radical (unpaired) electrons. The van der Waals surface area contributed by atoms with Crippen LogP contribution in [0.2, 0.25) is 0 Å². The van der Waals surface area contributed by atoms with Crippen molar-refractivity contribution < 1.29 is 33.4 Å². The molecule has 4 aliphatic rings. The van der Waals surface area contributed by atoms with Crippen LogP contribution in [0, 0.1) is 41.3 Å². The van der Waals surface area contributed by atoms with Crippen molar-refractivity contribution in [2.24, 2.45) is 23.7 Å². The molecule has 15 heteroatoms. The first-order chi connectivity index (χ1) is 27.8. The van der Waals surface area contributed by atoms with E-state index in [1.54, 1.807) is 24.8 Å². The lowest BCUT2D eigenvalue weighted by Crippen LogP contribution is -2.52. The average Bonchev–Trinajstić information content (AvgIpc) is 3.84. The number of methoxy groups -OCH3 is 1. The Kier molecular flexibility index (Phi) is 9.05. The molecule has 0 bridgehead atoms. The number of rotatable bonds is 8. The Morgan fingerprint density at radius 2 is 1.36 bits per heavy atom. The van der Waals surface area contributed by atoms with Gasteiger partial charge >= 0.3 is 12.2 Å². The van der Waals surface area contributed by atoms with Gasteiger partial charge in [0, 0.05) is 28.6 Å². The number of ether oxygens (including phenoxy) is 1. The average molecular weight is 789 g/mol. The number of nitrogens with one attached hydrogen (secondary N) is 4. The first-order valence-electron chi connectivity index (χ1n) is 19.9. The van der Waals surface area contributed by atoms with Gasteiger partial charge in [0.15, 0.2) is 5.82 Å². The van der Waals surface area contributed by atoms with Gasteiger partial charge in [-0.2, -0.15) is 0 Å². The summed E-state index contributed by atoms with van der Waals surface area (Å²) in [7, 11) is 1.29. The van der Waals surface area contributed by atoms with Crippen LogP contribution in [0.3, 0.4) is 0 Å². The molecular weight excluding hydrogens is 744 g/mol. The fourth-order valence-corrected chi connectivity index (χ4v) is 9.23. The number of fused-ring (bicyclic) bond motifs is 6. The van der Waals surface area contributed by atoms with Crippen LogP contribution in [-0.2, 0) is 14.3 Å². The number of aromatic nitrogens is 4. The van der Waals surface area contributed by atoms with Gasteiger partial charge in [0.05, 0.1) is 35.7 Å². The topological polar surface area (TPSA) is 186 Å². The van der Waals surface area contributed by atoms with E-state index < -0.39 is 36.1 Å². The van der Waals surface area contributed by atoms with E-state index in [4.69, 9.17) is 9.72 Å². The van der Waals surface area contributed by atoms with Crippen LogP contribution in [0.4, 0.5) is 14.0 Å². The van der Waals surface area contributed by atoms with E-state index in [0.29, 0.717) is 41.0 Å². The summed E-state index contributed by atoms with van der Waals surface area (Å²) in [6, 6.07) is 10.8. The quantitative estimate of drug-likeness (QED) is 0.116. The van der Waals surface area contributed by atoms with Crippen LogP contribution >= 0.6 is 0 Å². The second kappa shape index (κ2) is 14.0. The summed E-state index contributed by atoms with van der Waals surface area (Å²) in [5, 5.41) is 16.3. The minimum atomic E-state index is -1.26. The van der Waals surface area contributed by atoms with E-state index in [2.05, 4.69) is 37.4 Å². The number of hydrogen-bond acceptors (Lipinski definition) is 7. The Morgan fingerprint density at radius 1 is 0.776 bits per heavy atom. The fraction of sp³-hybridized carbons (Fsp3) is 0.442. The minimum absolute atomic E-state index is 0.0154. The van der Waals surface area contributed by atoms with Crippen LogP contribution in [0.25, 0.3) is 32.8 Å². The first-order valence-corrected chi connectivity index (χ1v) is 19.9. The van der Waals surface area contributed by atoms with E-state index in [0.717, 1.165) is 46.6 Å². The monoisotopic (exact) mass is 788 g/mol. The van der Waals surface area contributed by atoms with E-state index >= 15 is 4.39 Å². The van der Waals surface area contributed by atoms with E-state index in [1.807, 2.05) is 49.1 Å². The molecule has 5 N–H and O–H groups in total. The largest absolute Gasteiger partial charge is 0.465 e. The second-order valence-electron chi connectivity index (χ2n) is 16.9. The van der Waals surface area contributed by atoms with Gasteiger partial charge in [-0.05, 0) is 85.1 Å². The molecule has 3 aromatic carbocycles. The highest BCUT2D eigenvalue weighted by Crippen LogP contribution is 2.54. The number of piperidine rings is 2. The number of aromatic amines is 2. The van der Waals surface area contributed by atoms with Crippen molar-refractivity contribution in [2.45, 2.75) is 89.6 Å². The maximum Gasteiger partial charge on any atom is 0.407 e. The van der Waals surface area contributed by atoms with Gasteiger partial charge in [0.2, 0.25) is 11.8 Å². The molecule has 300 valence electrons. The molecule has 0 spiro atoms. The Labute approximate surface area is 333 Å². The molecule has 2 saturated heterocycles. The van der Waals surface area contributed by atoms with Crippen molar-refractivity contribution in [2.75, 3.05) is 7.11 Å². The molecule has 14 nitrogen and oxygen atoms in total. The maximum absolute atomic E-state index is 15.5. The molecule has 2 aliphatic carbocycles. The van der Waals surface area contributed by atoms with Crippen molar-refractivity contribution in [3.05, 3.63) is 71.1 Å². The molecule has 2 aromatic heterocycles. The van der Waals surface area contributed by atoms with Crippen molar-refractivity contribution in [3.8, 4) is 11.8 Å². The molecule has 0 unspecified atom stereocenters. The number of nitrogens with zero attached hydrogens (tertiary/aromatic N) is 4. The van der Waals surface area contributed by atoms with Gasteiger partial charge in [-0.3, -0.25) is 9.59 Å². The molecular formula is C43H45FN8O6. The Morgan fingerprint density at radius 3 is 1.97 bits per heavy atom. The summed E-state index contributed by atoms with van der Waals surface area (Å²) in [5.74, 6) is 6.82. The highest BCUT2D eigenvalue weighted by molar-refractivity contribution is 6.04. The molecule has 2 aliphatic heterocycles. The van der Waals surface area contributed by atoms with Crippen molar-refractivity contribution in [3.63, 3.8) is 0 Å². The number of alkyl carbamates (subject to hydrolysis) is 1. The lowest BCUT2D eigenvalue weighted by molar-refractivity contribution is -0.137. The lowest BCUT2D eigenvalue weighted by Gasteiger charge is -2.31. The van der Waals surface area contributed by atoms with Gasteiger partial charge in [0.1, 0.15) is 29.2 Å². The SMILES string of the molecule is COC(=O)N[C@H](C(=O)N1[C@@H]2C[C@H]2C[C@H]1c1nc2c(ccc3cc(C#Cc4cc(F)c5nc([C@@H]6C[C@H]7C[C@H]7N6C(=O)[C@@H](NC(=O)O)C(C)C)[nH]c5c4)ccc32)[nH]1)C(C)C. The zero-order valence-electron chi connectivity index (χ0n) is 32.8. The normalized spacial score (nSPS) is 24.1. The Hall–Kier alpha value is -6.17. The van der Waals surface area contributed by atoms with E-state index in [1.165, 1.54) is 13.2 Å². The second-order valence-corrected chi connectivity index (χ2v) is 16.9. The Balaban J connectivity index is 0.954. The molecule has 4 heterocycles. The number of benzene rings is 3. The molecule has 2 saturated carbocycles. The molecule has 8 atom stereocenters. The summed E-state index contributed by atoms with van der Waals surface area (Å²) < 4.78 is 20.3. The fourth-order valence-electron chi connectivity index (χ4n) is 9.23. The summed E-state index contributed by atoms with van der Waals surface area (Å²) in [6.45, 7) is 7.40. The van der Waals surface area contributed by atoms with Crippen LogP contribution in [0.1, 0.15) is 88.2 Å². The Bertz CT molecular complexity index is 2590. The van der Waals surface area contributed by atoms with E-state index in [9.17, 15) is 24.3 Å². The van der Waals surface area contributed by atoms with Gasteiger partial charge in [-0.15, -0.1) is 0 Å². The number of imidazole rings is 2. The highest BCUT2D eigenvalue weighted by Gasteiger charge is 2.57. The van der Waals surface area contributed by atoms with Crippen LogP contribution in [-0.4, -0.2) is 90.1 Å². The lowest BCUT2D eigenvalue weighted by atomic mass is 10.0. The van der Waals surface area contributed by atoms with Crippen LogP contribution < -0.4 is 10.6 Å². The molecule has 58 heavy (non-hydrogen) atoms. The summed E-state index contributed by atoms with van der Waals surface area (Å²) in [4.78, 5) is 71.1. The zero-order valence-corrected chi connectivity index (χ0v) is 32.8. The number of carboxylic acid groups (broad SMARTS) is 1. The number of hydrogen-bond donors (Lipinski definition) is 5. The third kappa shape index (κ3) is 6.54. The number of H-pyrrole nitrogens is 2. The number of carbonyl (C=O) groups excluding carboxylic acids is 3. The van der Waals surface area contributed by atoms with E-state index in [-0.39, 0.29) is 47.3 Å². The van der Waals surface area contributed by atoms with Gasteiger partial charge < -0.3 is 40.2 Å². The number of halogens is 1. The van der Waals surface area contributed by atoms with Crippen LogP contribution in [0.5, 0.6) is 0 Å². The number of amides is 4. The van der Waals surface area contributed by atoms with Gasteiger partial charge in [-0.1, -0.05) is 51.7 Å². The first kappa shape index (κ1) is 37.4. The number of likely N-dealkylation sites (tertiary alicyclic amines) is 2. The summed E-state index contributed by atoms with van der Waals surface area (Å²) in [5.41, 5.74) is 3.44. The molecule has 5 aromatic rings. The summed E-state index contributed by atoms with van der Waals surface area (Å²) >= 11 is 0. The van der Waals surface area contributed by atoms with Crippen molar-refractivity contribution in [1.29, 1.82) is 0 Å². The third-order valence-electron chi connectivity index (χ3n) is 12.3. The molecule has 9 rings (SSSR count). The van der Waals surface area contributed by atoms with Crippen molar-refractivity contribution >= 4 is 56.8 Å². The minimum Gasteiger partial charge on any atom is -0.465 e. The molecule has 4 amide bonds. The highest BCUT2D eigenvalue weighted by atomic mass is 19.1. The predicted molar refractivity (Wildman–Crippen MR) is 212 cm³/mol.